The van der Waals surface area contributed by atoms with E-state index in [1.165, 1.54) is 5.56 Å². The summed E-state index contributed by atoms with van der Waals surface area (Å²) in [7, 11) is 0. The fourth-order valence-corrected chi connectivity index (χ4v) is 1.37. The second-order valence-electron chi connectivity index (χ2n) is 3.97. The van der Waals surface area contributed by atoms with Gasteiger partial charge in [-0.3, -0.25) is 0 Å². The van der Waals surface area contributed by atoms with Gasteiger partial charge in [0.05, 0.1) is 6.61 Å². The van der Waals surface area contributed by atoms with Crippen LogP contribution in [0.15, 0.2) is 24.3 Å². The van der Waals surface area contributed by atoms with Crippen molar-refractivity contribution in [2.75, 3.05) is 6.61 Å². The van der Waals surface area contributed by atoms with E-state index in [2.05, 4.69) is 26.0 Å². The summed E-state index contributed by atoms with van der Waals surface area (Å²) in [5.41, 5.74) is 7.08. The van der Waals surface area contributed by atoms with E-state index in [4.69, 9.17) is 10.5 Å². The summed E-state index contributed by atoms with van der Waals surface area (Å²) in [6.07, 6.45) is 3.12. The van der Waals surface area contributed by atoms with Crippen molar-refractivity contribution >= 4 is 0 Å². The van der Waals surface area contributed by atoms with Crippen LogP contribution in [0.2, 0.25) is 0 Å². The summed E-state index contributed by atoms with van der Waals surface area (Å²) in [6, 6.07) is 8.47. The molecule has 1 unspecified atom stereocenters. The Balaban J connectivity index is 2.17. The van der Waals surface area contributed by atoms with Crippen molar-refractivity contribution < 1.29 is 4.74 Å². The molecule has 84 valence electrons. The van der Waals surface area contributed by atoms with E-state index in [1.54, 1.807) is 0 Å². The Kier molecular flexibility index (Phi) is 5.19. The third kappa shape index (κ3) is 4.84. The SMILES string of the molecule is CCC(N)CCCOc1ccc(C)cc1. The Morgan fingerprint density at radius 2 is 1.93 bits per heavy atom. The number of rotatable bonds is 6. The first-order valence-corrected chi connectivity index (χ1v) is 5.67. The van der Waals surface area contributed by atoms with Gasteiger partial charge in [-0.15, -0.1) is 0 Å². The van der Waals surface area contributed by atoms with E-state index in [1.807, 2.05) is 12.1 Å². The first-order chi connectivity index (χ1) is 7.22. The lowest BCUT2D eigenvalue weighted by Crippen LogP contribution is -2.19. The van der Waals surface area contributed by atoms with Gasteiger partial charge in [0.15, 0.2) is 0 Å². The third-order valence-corrected chi connectivity index (χ3v) is 2.53. The van der Waals surface area contributed by atoms with Gasteiger partial charge in [0.2, 0.25) is 0 Å². The second-order valence-corrected chi connectivity index (χ2v) is 3.97. The molecule has 2 N–H and O–H groups in total. The molecule has 0 spiro atoms. The quantitative estimate of drug-likeness (QED) is 0.728. The predicted molar refractivity (Wildman–Crippen MR) is 64.2 cm³/mol. The van der Waals surface area contributed by atoms with Gasteiger partial charge in [-0.05, 0) is 38.3 Å². The lowest BCUT2D eigenvalue weighted by atomic mass is 10.1. The van der Waals surface area contributed by atoms with Crippen LogP contribution >= 0.6 is 0 Å². The smallest absolute Gasteiger partial charge is 0.119 e. The monoisotopic (exact) mass is 207 g/mol. The average Bonchev–Trinajstić information content (AvgIpc) is 2.26. The van der Waals surface area contributed by atoms with Crippen LogP contribution in [0.3, 0.4) is 0 Å². The van der Waals surface area contributed by atoms with Gasteiger partial charge in [0.25, 0.3) is 0 Å². The van der Waals surface area contributed by atoms with Crippen molar-refractivity contribution in [3.05, 3.63) is 29.8 Å². The Bertz CT molecular complexity index is 268. The first kappa shape index (κ1) is 12.1. The summed E-state index contributed by atoms with van der Waals surface area (Å²) in [5, 5.41) is 0. The molecule has 0 aliphatic heterocycles. The Morgan fingerprint density at radius 3 is 2.53 bits per heavy atom. The summed E-state index contributed by atoms with van der Waals surface area (Å²) < 4.78 is 5.60. The van der Waals surface area contributed by atoms with E-state index < -0.39 is 0 Å². The van der Waals surface area contributed by atoms with E-state index in [9.17, 15) is 0 Å². The second kappa shape index (κ2) is 6.46. The minimum Gasteiger partial charge on any atom is -0.494 e. The molecule has 1 atom stereocenters. The maximum Gasteiger partial charge on any atom is 0.119 e. The molecule has 2 heteroatoms. The molecule has 1 rings (SSSR count). The van der Waals surface area contributed by atoms with Crippen LogP contribution in [0.4, 0.5) is 0 Å². The number of nitrogens with two attached hydrogens (primary N) is 1. The summed E-state index contributed by atoms with van der Waals surface area (Å²) >= 11 is 0. The maximum atomic E-state index is 5.82. The molecule has 0 aliphatic rings. The number of hydrogen-bond acceptors (Lipinski definition) is 2. The molecule has 2 nitrogen and oxygen atoms in total. The number of ether oxygens (including phenoxy) is 1. The molecule has 0 amide bonds. The molecular formula is C13H21NO. The number of aryl methyl sites for hydroxylation is 1. The molecule has 0 aliphatic carbocycles. The van der Waals surface area contributed by atoms with Crippen molar-refractivity contribution in [2.24, 2.45) is 5.73 Å². The Morgan fingerprint density at radius 1 is 1.27 bits per heavy atom. The third-order valence-electron chi connectivity index (χ3n) is 2.53. The van der Waals surface area contributed by atoms with Gasteiger partial charge in [0.1, 0.15) is 5.75 Å². The van der Waals surface area contributed by atoms with Gasteiger partial charge in [-0.25, -0.2) is 0 Å². The van der Waals surface area contributed by atoms with Crippen LogP contribution in [0.5, 0.6) is 5.75 Å². The summed E-state index contributed by atoms with van der Waals surface area (Å²) in [6.45, 7) is 4.95. The van der Waals surface area contributed by atoms with Crippen LogP contribution in [-0.2, 0) is 0 Å². The van der Waals surface area contributed by atoms with Crippen LogP contribution in [-0.4, -0.2) is 12.6 Å². The molecule has 0 fully saturated rings. The molecule has 0 radical (unpaired) electrons. The topological polar surface area (TPSA) is 35.2 Å². The van der Waals surface area contributed by atoms with Crippen LogP contribution in [0, 0.1) is 6.92 Å². The number of hydrogen-bond donors (Lipinski definition) is 1. The fraction of sp³-hybridized carbons (Fsp3) is 0.538. The van der Waals surface area contributed by atoms with E-state index in [0.717, 1.165) is 31.6 Å². The highest BCUT2D eigenvalue weighted by Gasteiger charge is 1.99. The molecular weight excluding hydrogens is 186 g/mol. The van der Waals surface area contributed by atoms with Gasteiger partial charge in [-0.1, -0.05) is 24.6 Å². The van der Waals surface area contributed by atoms with Crippen molar-refractivity contribution in [1.82, 2.24) is 0 Å². The van der Waals surface area contributed by atoms with Gasteiger partial charge in [-0.2, -0.15) is 0 Å². The first-order valence-electron chi connectivity index (χ1n) is 5.67. The Labute approximate surface area is 92.4 Å². The molecule has 0 saturated heterocycles. The molecule has 0 heterocycles. The molecule has 1 aromatic carbocycles. The summed E-state index contributed by atoms with van der Waals surface area (Å²) in [4.78, 5) is 0. The van der Waals surface area contributed by atoms with E-state index >= 15 is 0 Å². The van der Waals surface area contributed by atoms with Crippen molar-refractivity contribution in [3.63, 3.8) is 0 Å². The largest absolute Gasteiger partial charge is 0.494 e. The van der Waals surface area contributed by atoms with Crippen molar-refractivity contribution in [3.8, 4) is 5.75 Å². The molecule has 15 heavy (non-hydrogen) atoms. The van der Waals surface area contributed by atoms with Crippen LogP contribution in [0.1, 0.15) is 31.7 Å². The van der Waals surface area contributed by atoms with Gasteiger partial charge < -0.3 is 10.5 Å². The van der Waals surface area contributed by atoms with E-state index in [0.29, 0.717) is 6.04 Å². The fourth-order valence-electron chi connectivity index (χ4n) is 1.37. The van der Waals surface area contributed by atoms with Crippen LogP contribution in [0.25, 0.3) is 0 Å². The van der Waals surface area contributed by atoms with E-state index in [-0.39, 0.29) is 0 Å². The standard InChI is InChI=1S/C13H21NO/c1-3-12(14)5-4-10-15-13-8-6-11(2)7-9-13/h6-9,12H,3-5,10,14H2,1-2H3. The minimum atomic E-state index is 0.326. The molecule has 0 saturated carbocycles. The zero-order valence-electron chi connectivity index (χ0n) is 9.70. The Hall–Kier alpha value is -1.02. The van der Waals surface area contributed by atoms with Gasteiger partial charge in [0, 0.05) is 6.04 Å². The molecule has 1 aromatic rings. The normalized spacial score (nSPS) is 12.5. The lowest BCUT2D eigenvalue weighted by Gasteiger charge is -2.09. The molecule has 0 aromatic heterocycles. The highest BCUT2D eigenvalue weighted by Crippen LogP contribution is 2.12. The average molecular weight is 207 g/mol. The number of benzene rings is 1. The highest BCUT2D eigenvalue weighted by molar-refractivity contribution is 5.26. The maximum absolute atomic E-state index is 5.82. The predicted octanol–water partition coefficient (Wildman–Crippen LogP) is 2.89. The molecule has 0 bridgehead atoms. The summed E-state index contributed by atoms with van der Waals surface area (Å²) in [5.74, 6) is 0.950. The van der Waals surface area contributed by atoms with Crippen molar-refractivity contribution in [1.29, 1.82) is 0 Å². The zero-order chi connectivity index (χ0) is 11.1. The lowest BCUT2D eigenvalue weighted by molar-refractivity contribution is 0.300. The van der Waals surface area contributed by atoms with Crippen molar-refractivity contribution in [2.45, 2.75) is 39.2 Å². The zero-order valence-corrected chi connectivity index (χ0v) is 9.70. The van der Waals surface area contributed by atoms with Crippen LogP contribution < -0.4 is 10.5 Å². The van der Waals surface area contributed by atoms with Gasteiger partial charge >= 0.3 is 0 Å². The minimum absolute atomic E-state index is 0.326. The highest BCUT2D eigenvalue weighted by atomic mass is 16.5.